The number of alkyl halides is 3. The van der Waals surface area contributed by atoms with Gasteiger partial charge < -0.3 is 26.0 Å². The van der Waals surface area contributed by atoms with Crippen molar-refractivity contribution in [1.29, 1.82) is 0 Å². The van der Waals surface area contributed by atoms with E-state index >= 15 is 0 Å². The van der Waals surface area contributed by atoms with Gasteiger partial charge in [0.05, 0.1) is 29.5 Å². The number of aliphatic imine (C=N–C) groups is 1. The van der Waals surface area contributed by atoms with Gasteiger partial charge in [0.2, 0.25) is 5.91 Å². The number of amides is 2. The van der Waals surface area contributed by atoms with Gasteiger partial charge in [-0.25, -0.2) is 4.79 Å². The fraction of sp³-hybridized carbons (Fsp3) is 0.440. The molecule has 1 aliphatic carbocycles. The van der Waals surface area contributed by atoms with Gasteiger partial charge in [-0.05, 0) is 49.8 Å². The molecule has 9 nitrogen and oxygen atoms in total. The number of nitrogens with two attached hydrogens (primary N) is 1. The molecular weight excluding hydrogens is 491 g/mol. The normalized spacial score (nSPS) is 17.8. The van der Waals surface area contributed by atoms with Gasteiger partial charge >= 0.3 is 12.1 Å². The number of carbonyl (C=O) groups is 3. The lowest BCUT2D eigenvalue weighted by atomic mass is 9.95. The van der Waals surface area contributed by atoms with Crippen LogP contribution >= 0.6 is 0 Å². The largest absolute Gasteiger partial charge is 0.465 e. The first-order chi connectivity index (χ1) is 17.5. The van der Waals surface area contributed by atoms with Gasteiger partial charge in [-0.1, -0.05) is 6.58 Å². The van der Waals surface area contributed by atoms with Crippen molar-refractivity contribution in [3.05, 3.63) is 53.9 Å². The lowest BCUT2D eigenvalue weighted by Gasteiger charge is -2.35. The Bertz CT molecular complexity index is 1100. The molecule has 3 rings (SSSR count). The van der Waals surface area contributed by atoms with Crippen LogP contribution in [0.1, 0.15) is 41.6 Å². The van der Waals surface area contributed by atoms with Gasteiger partial charge in [-0.15, -0.1) is 0 Å². The van der Waals surface area contributed by atoms with Crippen molar-refractivity contribution in [3.8, 4) is 0 Å². The van der Waals surface area contributed by atoms with Gasteiger partial charge in [-0.3, -0.25) is 14.6 Å². The average molecular weight is 522 g/mol. The summed E-state index contributed by atoms with van der Waals surface area (Å²) >= 11 is 0. The summed E-state index contributed by atoms with van der Waals surface area (Å²) in [6.07, 6.45) is 1.35. The summed E-state index contributed by atoms with van der Waals surface area (Å²) in [5.41, 5.74) is 3.92. The second-order valence-electron chi connectivity index (χ2n) is 8.98. The van der Waals surface area contributed by atoms with E-state index in [-0.39, 0.29) is 23.0 Å². The summed E-state index contributed by atoms with van der Waals surface area (Å²) in [6, 6.07) is 3.05. The summed E-state index contributed by atoms with van der Waals surface area (Å²) in [5, 5.41) is 5.63. The summed E-state index contributed by atoms with van der Waals surface area (Å²) < 4.78 is 44.1. The lowest BCUT2D eigenvalue weighted by Crippen LogP contribution is -2.51. The second kappa shape index (κ2) is 11.5. The molecule has 37 heavy (non-hydrogen) atoms. The van der Waals surface area contributed by atoms with Crippen LogP contribution in [0.15, 0.2) is 47.7 Å². The van der Waals surface area contributed by atoms with Gasteiger partial charge in [0.1, 0.15) is 5.54 Å². The van der Waals surface area contributed by atoms with Crippen molar-refractivity contribution >= 4 is 29.7 Å². The van der Waals surface area contributed by atoms with Crippen molar-refractivity contribution in [2.24, 2.45) is 16.6 Å². The smallest absolute Gasteiger partial charge is 0.416 e. The van der Waals surface area contributed by atoms with Crippen molar-refractivity contribution < 1.29 is 32.3 Å². The van der Waals surface area contributed by atoms with Crippen LogP contribution in [0.2, 0.25) is 0 Å². The number of hydrogen-bond acceptors (Lipinski definition) is 7. The number of nitrogens with zero attached hydrogens (tertiary/aromatic N) is 2. The highest BCUT2D eigenvalue weighted by molar-refractivity contribution is 6.13. The van der Waals surface area contributed by atoms with E-state index in [1.54, 1.807) is 0 Å². The third kappa shape index (κ3) is 6.69. The Hall–Kier alpha value is -3.83. The number of anilines is 1. The van der Waals surface area contributed by atoms with Crippen LogP contribution in [0.25, 0.3) is 0 Å². The molecule has 200 valence electrons. The second-order valence-corrected chi connectivity index (χ2v) is 8.98. The zero-order valence-corrected chi connectivity index (χ0v) is 20.4. The lowest BCUT2D eigenvalue weighted by molar-refractivity contribution is -0.137. The molecule has 2 amide bonds. The first-order valence-corrected chi connectivity index (χ1v) is 11.8. The molecule has 4 N–H and O–H groups in total. The average Bonchev–Trinajstić information content (AvgIpc) is 3.67. The van der Waals surface area contributed by atoms with Crippen molar-refractivity contribution in [3.63, 3.8) is 0 Å². The molecule has 1 heterocycles. The number of piperidine rings is 1. The number of methoxy groups -OCH3 is 1. The molecule has 0 bridgehead atoms. The van der Waals surface area contributed by atoms with Gasteiger partial charge in [0, 0.05) is 38.2 Å². The maximum Gasteiger partial charge on any atom is 0.416 e. The SMILES string of the molecule is C=CN=C/C(=C\N)C(=O)NC1(C(=O)NCC2CCN(c3ccc(C(F)(F)F)cc3C(=O)OC)CC2)CC1. The molecule has 1 saturated heterocycles. The first-order valence-electron chi connectivity index (χ1n) is 11.8. The van der Waals surface area contributed by atoms with E-state index in [2.05, 4.69) is 22.2 Å². The van der Waals surface area contributed by atoms with E-state index in [0.29, 0.717) is 51.0 Å². The van der Waals surface area contributed by atoms with Crippen molar-refractivity contribution in [2.45, 2.75) is 37.4 Å². The maximum absolute atomic E-state index is 13.1. The number of hydrogen-bond donors (Lipinski definition) is 3. The van der Waals surface area contributed by atoms with Crippen LogP contribution < -0.4 is 21.3 Å². The topological polar surface area (TPSA) is 126 Å². The number of esters is 1. The molecule has 0 atom stereocenters. The van der Waals surface area contributed by atoms with E-state index in [1.807, 2.05) is 4.90 Å². The fourth-order valence-electron chi connectivity index (χ4n) is 4.18. The third-order valence-electron chi connectivity index (χ3n) is 6.53. The number of benzene rings is 1. The Balaban J connectivity index is 1.56. The molecule has 1 aromatic rings. The Morgan fingerprint density at radius 3 is 2.49 bits per heavy atom. The van der Waals surface area contributed by atoms with Crippen molar-refractivity contribution in [1.82, 2.24) is 10.6 Å². The molecule has 0 radical (unpaired) electrons. The Morgan fingerprint density at radius 1 is 1.27 bits per heavy atom. The summed E-state index contributed by atoms with van der Waals surface area (Å²) in [5.74, 6) is -1.50. The molecule has 1 aromatic carbocycles. The molecule has 0 aromatic heterocycles. The highest BCUT2D eigenvalue weighted by atomic mass is 19.4. The Labute approximate surface area is 212 Å². The molecule has 1 saturated carbocycles. The van der Waals surface area contributed by atoms with Crippen molar-refractivity contribution in [2.75, 3.05) is 31.6 Å². The molecule has 12 heteroatoms. The predicted molar refractivity (Wildman–Crippen MR) is 132 cm³/mol. The first kappa shape index (κ1) is 27.8. The number of nitrogens with one attached hydrogen (secondary N) is 2. The fourth-order valence-corrected chi connectivity index (χ4v) is 4.18. The van der Waals surface area contributed by atoms with Crippen LogP contribution in [0, 0.1) is 5.92 Å². The summed E-state index contributed by atoms with van der Waals surface area (Å²) in [7, 11) is 1.12. The monoisotopic (exact) mass is 521 g/mol. The highest BCUT2D eigenvalue weighted by Crippen LogP contribution is 2.37. The number of halogens is 3. The van der Waals surface area contributed by atoms with E-state index < -0.39 is 29.2 Å². The van der Waals surface area contributed by atoms with E-state index in [0.717, 1.165) is 25.4 Å². The number of rotatable bonds is 9. The molecule has 0 spiro atoms. The van der Waals surface area contributed by atoms with Gasteiger partial charge in [0.15, 0.2) is 0 Å². The van der Waals surface area contributed by atoms with Crippen LogP contribution in [0.5, 0.6) is 0 Å². The minimum absolute atomic E-state index is 0.112. The van der Waals surface area contributed by atoms with Crippen LogP contribution in [0.4, 0.5) is 18.9 Å². The quantitative estimate of drug-likeness (QED) is 0.261. The number of ether oxygens (including phenoxy) is 1. The number of carbonyl (C=O) groups excluding carboxylic acids is 3. The molecular formula is C25H30F3N5O4. The minimum atomic E-state index is -4.58. The summed E-state index contributed by atoms with van der Waals surface area (Å²) in [4.78, 5) is 43.0. The maximum atomic E-state index is 13.1. The zero-order chi connectivity index (χ0) is 27.2. The van der Waals surface area contributed by atoms with Gasteiger partial charge in [-0.2, -0.15) is 13.2 Å². The molecule has 2 aliphatic rings. The van der Waals surface area contributed by atoms with Crippen LogP contribution in [-0.2, 0) is 20.5 Å². The van der Waals surface area contributed by atoms with E-state index in [1.165, 1.54) is 18.5 Å². The predicted octanol–water partition coefficient (Wildman–Crippen LogP) is 2.53. The van der Waals surface area contributed by atoms with E-state index in [4.69, 9.17) is 10.5 Å². The Kier molecular flexibility index (Phi) is 8.61. The standard InChI is InChI=1S/C25H30F3N5O4/c1-3-30-15-17(13-29)21(34)32-24(8-9-24)23(36)31-14-16-6-10-33(11-7-16)20-5-4-18(25(26,27)28)12-19(20)22(35)37-2/h3-5,12-13,15-16H,1,6-11,14,29H2,2H3,(H,31,36)(H,32,34)/b17-13+,30-15?. The minimum Gasteiger partial charge on any atom is -0.465 e. The van der Waals surface area contributed by atoms with Crippen LogP contribution in [-0.4, -0.2) is 56.3 Å². The molecule has 2 fully saturated rings. The van der Waals surface area contributed by atoms with E-state index in [9.17, 15) is 27.6 Å². The molecule has 0 unspecified atom stereocenters. The van der Waals surface area contributed by atoms with Crippen LogP contribution in [0.3, 0.4) is 0 Å². The zero-order valence-electron chi connectivity index (χ0n) is 20.4. The Morgan fingerprint density at radius 2 is 1.95 bits per heavy atom. The highest BCUT2D eigenvalue weighted by Gasteiger charge is 2.51. The summed E-state index contributed by atoms with van der Waals surface area (Å²) in [6.45, 7) is 4.80. The molecule has 1 aliphatic heterocycles. The third-order valence-corrected chi connectivity index (χ3v) is 6.53. The van der Waals surface area contributed by atoms with Gasteiger partial charge in [0.25, 0.3) is 5.91 Å².